The number of Topliss-reactive ketones (excluding diaryl/α,β-unsaturated/α-hetero) is 1. The molecular weight excluding hydrogens is 245 g/mol. The summed E-state index contributed by atoms with van der Waals surface area (Å²) in [7, 11) is 0. The molecule has 1 aromatic carbocycles. The minimum Gasteiger partial charge on any atom is -0.484 e. The lowest BCUT2D eigenvalue weighted by molar-refractivity contribution is 0.0917. The predicted octanol–water partition coefficient (Wildman–Crippen LogP) is 3.07. The van der Waals surface area contributed by atoms with E-state index in [4.69, 9.17) is 16.3 Å². The van der Waals surface area contributed by atoms with Gasteiger partial charge in [-0.1, -0.05) is 11.6 Å². The number of ketones is 1. The maximum atomic E-state index is 12.8. The van der Waals surface area contributed by atoms with E-state index in [0.29, 0.717) is 5.69 Å². The van der Waals surface area contributed by atoms with Crippen LogP contribution in [0.4, 0.5) is 4.39 Å². The van der Waals surface area contributed by atoms with E-state index in [-0.39, 0.29) is 23.2 Å². The zero-order valence-corrected chi connectivity index (χ0v) is 9.50. The number of aromatic amines is 1. The van der Waals surface area contributed by atoms with Crippen LogP contribution in [0.2, 0.25) is 5.02 Å². The minimum atomic E-state index is -0.446. The third-order valence-corrected chi connectivity index (χ3v) is 2.45. The second-order valence-corrected chi connectivity index (χ2v) is 3.78. The van der Waals surface area contributed by atoms with Gasteiger partial charge < -0.3 is 9.72 Å². The van der Waals surface area contributed by atoms with Crippen LogP contribution in [0.25, 0.3) is 0 Å². The lowest BCUT2D eigenvalue weighted by Crippen LogP contribution is -2.12. The van der Waals surface area contributed by atoms with E-state index in [1.807, 2.05) is 0 Å². The Balaban J connectivity index is 2.01. The van der Waals surface area contributed by atoms with E-state index in [2.05, 4.69) is 4.98 Å². The van der Waals surface area contributed by atoms with Crippen LogP contribution in [0.1, 0.15) is 10.5 Å². The van der Waals surface area contributed by atoms with Crippen molar-refractivity contribution in [3.05, 3.63) is 53.1 Å². The van der Waals surface area contributed by atoms with Gasteiger partial charge in [0.2, 0.25) is 5.78 Å². The molecule has 0 amide bonds. The monoisotopic (exact) mass is 253 g/mol. The molecule has 0 aliphatic rings. The number of carbonyl (C=O) groups excluding carboxylic acids is 1. The quantitative estimate of drug-likeness (QED) is 0.851. The zero-order valence-electron chi connectivity index (χ0n) is 8.74. The van der Waals surface area contributed by atoms with Crippen molar-refractivity contribution in [3.8, 4) is 5.75 Å². The number of nitrogens with one attached hydrogen (secondary N) is 1. The van der Waals surface area contributed by atoms with Crippen LogP contribution < -0.4 is 4.74 Å². The average molecular weight is 254 g/mol. The summed E-state index contributed by atoms with van der Waals surface area (Å²) >= 11 is 5.75. The number of benzene rings is 1. The van der Waals surface area contributed by atoms with E-state index in [9.17, 15) is 9.18 Å². The molecule has 5 heteroatoms. The summed E-state index contributed by atoms with van der Waals surface area (Å²) in [6.07, 6.45) is 1.65. The number of ether oxygens (including phenoxy) is 1. The first-order valence-corrected chi connectivity index (χ1v) is 5.29. The van der Waals surface area contributed by atoms with Crippen LogP contribution in [0.3, 0.4) is 0 Å². The Morgan fingerprint density at radius 2 is 2.24 bits per heavy atom. The SMILES string of the molecule is O=C(COc1ccc(F)cc1Cl)c1ccc[nH]1. The molecule has 0 saturated heterocycles. The maximum absolute atomic E-state index is 12.8. The number of aromatic nitrogens is 1. The third-order valence-electron chi connectivity index (χ3n) is 2.15. The van der Waals surface area contributed by atoms with E-state index in [0.717, 1.165) is 6.07 Å². The summed E-state index contributed by atoms with van der Waals surface area (Å²) in [5.74, 6) is -0.360. The second kappa shape index (κ2) is 5.01. The van der Waals surface area contributed by atoms with Gasteiger partial charge in [0.15, 0.2) is 6.61 Å². The van der Waals surface area contributed by atoms with E-state index in [1.54, 1.807) is 18.3 Å². The lowest BCUT2D eigenvalue weighted by atomic mass is 10.3. The summed E-state index contributed by atoms with van der Waals surface area (Å²) < 4.78 is 18.0. The molecule has 0 atom stereocenters. The minimum absolute atomic E-state index is 0.143. The van der Waals surface area contributed by atoms with Crippen molar-refractivity contribution in [2.45, 2.75) is 0 Å². The summed E-state index contributed by atoms with van der Waals surface area (Å²) in [5.41, 5.74) is 0.461. The fraction of sp³-hybridized carbons (Fsp3) is 0.0833. The summed E-state index contributed by atoms with van der Waals surface area (Å²) in [5, 5.41) is 0.143. The van der Waals surface area contributed by atoms with Crippen molar-refractivity contribution >= 4 is 17.4 Å². The molecular formula is C12H9ClFNO2. The molecule has 1 N–H and O–H groups in total. The molecule has 0 spiro atoms. The highest BCUT2D eigenvalue weighted by Gasteiger charge is 2.09. The smallest absolute Gasteiger partial charge is 0.216 e. The molecule has 0 aliphatic carbocycles. The number of carbonyl (C=O) groups is 1. The molecule has 1 aromatic heterocycles. The van der Waals surface area contributed by atoms with Gasteiger partial charge in [-0.2, -0.15) is 0 Å². The highest BCUT2D eigenvalue weighted by Crippen LogP contribution is 2.24. The van der Waals surface area contributed by atoms with Crippen LogP contribution in [-0.2, 0) is 0 Å². The van der Waals surface area contributed by atoms with Gasteiger partial charge in [0.1, 0.15) is 11.6 Å². The molecule has 0 aliphatic heterocycles. The van der Waals surface area contributed by atoms with Gasteiger partial charge in [-0.3, -0.25) is 4.79 Å². The zero-order chi connectivity index (χ0) is 12.3. The number of halogens is 2. The van der Waals surface area contributed by atoms with E-state index >= 15 is 0 Å². The number of H-pyrrole nitrogens is 1. The average Bonchev–Trinajstić information content (AvgIpc) is 2.81. The van der Waals surface area contributed by atoms with Crippen molar-refractivity contribution in [1.82, 2.24) is 4.98 Å². The van der Waals surface area contributed by atoms with Gasteiger partial charge in [-0.05, 0) is 30.3 Å². The molecule has 0 unspecified atom stereocenters. The molecule has 17 heavy (non-hydrogen) atoms. The number of hydrogen-bond acceptors (Lipinski definition) is 2. The molecule has 2 aromatic rings. The number of rotatable bonds is 4. The maximum Gasteiger partial charge on any atom is 0.216 e. The molecule has 2 rings (SSSR count). The normalized spacial score (nSPS) is 10.2. The number of hydrogen-bond donors (Lipinski definition) is 1. The molecule has 3 nitrogen and oxygen atoms in total. The topological polar surface area (TPSA) is 42.1 Å². The van der Waals surface area contributed by atoms with Crippen LogP contribution in [0, 0.1) is 5.82 Å². The van der Waals surface area contributed by atoms with E-state index < -0.39 is 5.82 Å². The molecule has 0 fully saturated rings. The largest absolute Gasteiger partial charge is 0.484 e. The van der Waals surface area contributed by atoms with Gasteiger partial charge in [0.25, 0.3) is 0 Å². The first-order chi connectivity index (χ1) is 8.16. The van der Waals surface area contributed by atoms with Gasteiger partial charge in [0, 0.05) is 6.20 Å². The Bertz CT molecular complexity index is 525. The summed E-state index contributed by atoms with van der Waals surface area (Å²) in [6.45, 7) is -0.147. The molecule has 1 heterocycles. The van der Waals surface area contributed by atoms with Crippen LogP contribution >= 0.6 is 11.6 Å². The first-order valence-electron chi connectivity index (χ1n) is 4.91. The Morgan fingerprint density at radius 3 is 2.88 bits per heavy atom. The van der Waals surface area contributed by atoms with Gasteiger partial charge in [-0.25, -0.2) is 4.39 Å². The first kappa shape index (κ1) is 11.7. The van der Waals surface area contributed by atoms with Crippen LogP contribution in [0.15, 0.2) is 36.5 Å². The summed E-state index contributed by atoms with van der Waals surface area (Å²) in [6, 6.07) is 7.12. The van der Waals surface area contributed by atoms with Crippen molar-refractivity contribution in [1.29, 1.82) is 0 Å². The van der Waals surface area contributed by atoms with Crippen molar-refractivity contribution in [2.75, 3.05) is 6.61 Å². The van der Waals surface area contributed by atoms with E-state index in [1.165, 1.54) is 12.1 Å². The third kappa shape index (κ3) is 2.85. The Hall–Kier alpha value is -1.81. The van der Waals surface area contributed by atoms with Gasteiger partial charge in [-0.15, -0.1) is 0 Å². The van der Waals surface area contributed by atoms with Gasteiger partial charge >= 0.3 is 0 Å². The fourth-order valence-corrected chi connectivity index (χ4v) is 1.54. The molecule has 0 radical (unpaired) electrons. The van der Waals surface area contributed by atoms with Crippen molar-refractivity contribution < 1.29 is 13.9 Å². The van der Waals surface area contributed by atoms with Gasteiger partial charge in [0.05, 0.1) is 10.7 Å². The second-order valence-electron chi connectivity index (χ2n) is 3.37. The van der Waals surface area contributed by atoms with Crippen LogP contribution in [0.5, 0.6) is 5.75 Å². The highest BCUT2D eigenvalue weighted by atomic mass is 35.5. The predicted molar refractivity (Wildman–Crippen MR) is 62.0 cm³/mol. The highest BCUT2D eigenvalue weighted by molar-refractivity contribution is 6.32. The summed E-state index contributed by atoms with van der Waals surface area (Å²) in [4.78, 5) is 14.4. The molecule has 0 saturated carbocycles. The van der Waals surface area contributed by atoms with Crippen LogP contribution in [-0.4, -0.2) is 17.4 Å². The standard InChI is InChI=1S/C12H9ClFNO2/c13-9-6-8(14)3-4-12(9)17-7-11(16)10-2-1-5-15-10/h1-6,15H,7H2. The lowest BCUT2D eigenvalue weighted by Gasteiger charge is -2.06. The van der Waals surface area contributed by atoms with Crippen molar-refractivity contribution in [3.63, 3.8) is 0 Å². The molecule has 0 bridgehead atoms. The van der Waals surface area contributed by atoms with Crippen molar-refractivity contribution in [2.24, 2.45) is 0 Å². The fourth-order valence-electron chi connectivity index (χ4n) is 1.32. The Labute approximate surface area is 102 Å². The Kier molecular flexibility index (Phi) is 3.44. The molecule has 88 valence electrons. The Morgan fingerprint density at radius 1 is 1.41 bits per heavy atom.